The smallest absolute Gasteiger partial charge is 0.410 e. The van der Waals surface area contributed by atoms with E-state index in [1.807, 2.05) is 0 Å². The van der Waals surface area contributed by atoms with Crippen molar-refractivity contribution in [1.82, 2.24) is 4.90 Å². The number of nitrogens with zero attached hydrogens (tertiary/aromatic N) is 1. The number of rotatable bonds is 3. The van der Waals surface area contributed by atoms with Gasteiger partial charge in [-0.25, -0.2) is 9.59 Å². The zero-order valence-corrected chi connectivity index (χ0v) is 13.7. The molecule has 124 valence electrons. The molecule has 1 unspecified atom stereocenters. The van der Waals surface area contributed by atoms with Crippen LogP contribution in [0.25, 0.3) is 0 Å². The van der Waals surface area contributed by atoms with Gasteiger partial charge in [-0.3, -0.25) is 9.59 Å². The second kappa shape index (κ2) is 6.89. The molecule has 1 amide bonds. The average Bonchev–Trinajstić information content (AvgIpc) is 2.36. The molecule has 1 saturated heterocycles. The van der Waals surface area contributed by atoms with E-state index in [9.17, 15) is 19.2 Å². The van der Waals surface area contributed by atoms with Gasteiger partial charge in [-0.1, -0.05) is 0 Å². The van der Waals surface area contributed by atoms with Crippen LogP contribution >= 0.6 is 0 Å². The third kappa shape index (κ3) is 4.54. The number of piperidine rings is 1. The number of hydrogen-bond acceptors (Lipinski definition) is 6. The van der Waals surface area contributed by atoms with Crippen LogP contribution in [0.15, 0.2) is 0 Å². The number of carbonyl (C=O) groups excluding carboxylic acids is 4. The first kappa shape index (κ1) is 18.1. The van der Waals surface area contributed by atoms with Crippen molar-refractivity contribution >= 4 is 23.6 Å². The van der Waals surface area contributed by atoms with E-state index < -0.39 is 29.4 Å². The summed E-state index contributed by atoms with van der Waals surface area (Å²) in [6.07, 6.45) is -0.594. The van der Waals surface area contributed by atoms with Gasteiger partial charge in [0, 0.05) is 19.0 Å². The summed E-state index contributed by atoms with van der Waals surface area (Å²) in [6, 6.07) is -0.381. The Labute approximate surface area is 129 Å². The van der Waals surface area contributed by atoms with Gasteiger partial charge >= 0.3 is 12.1 Å². The molecule has 0 spiro atoms. The fourth-order valence-electron chi connectivity index (χ4n) is 2.17. The fourth-order valence-corrected chi connectivity index (χ4v) is 2.17. The van der Waals surface area contributed by atoms with Crippen molar-refractivity contribution in [2.24, 2.45) is 5.92 Å². The molecule has 0 aliphatic carbocycles. The van der Waals surface area contributed by atoms with E-state index in [1.54, 1.807) is 34.6 Å². The molecule has 1 rings (SSSR count). The lowest BCUT2D eigenvalue weighted by Gasteiger charge is -2.37. The van der Waals surface area contributed by atoms with E-state index in [0.29, 0.717) is 0 Å². The van der Waals surface area contributed by atoms with Gasteiger partial charge in [0.1, 0.15) is 17.3 Å². The maximum atomic E-state index is 12.2. The molecule has 0 radical (unpaired) electrons. The highest BCUT2D eigenvalue weighted by atomic mass is 16.6. The van der Waals surface area contributed by atoms with E-state index in [0.717, 1.165) is 0 Å². The van der Waals surface area contributed by atoms with Gasteiger partial charge in [-0.05, 0) is 34.6 Å². The second-order valence-electron chi connectivity index (χ2n) is 6.29. The summed E-state index contributed by atoms with van der Waals surface area (Å²) in [7, 11) is 0. The van der Waals surface area contributed by atoms with Gasteiger partial charge in [0.15, 0.2) is 0 Å². The van der Waals surface area contributed by atoms with Crippen LogP contribution in [-0.4, -0.2) is 53.3 Å². The van der Waals surface area contributed by atoms with Crippen LogP contribution in [0.4, 0.5) is 4.79 Å². The Morgan fingerprint density at radius 1 is 1.27 bits per heavy atom. The molecule has 1 aliphatic rings. The number of ketones is 2. The zero-order chi connectivity index (χ0) is 17.1. The molecule has 7 heteroatoms. The number of hydrogen-bond donors (Lipinski definition) is 0. The van der Waals surface area contributed by atoms with Crippen molar-refractivity contribution in [3.8, 4) is 0 Å². The number of ether oxygens (including phenoxy) is 2. The predicted molar refractivity (Wildman–Crippen MR) is 77.2 cm³/mol. The van der Waals surface area contributed by atoms with Crippen LogP contribution in [0.3, 0.4) is 0 Å². The molecule has 1 heterocycles. The monoisotopic (exact) mass is 313 g/mol. The van der Waals surface area contributed by atoms with Crippen LogP contribution in [0.2, 0.25) is 0 Å². The van der Waals surface area contributed by atoms with Crippen molar-refractivity contribution in [3.63, 3.8) is 0 Å². The van der Waals surface area contributed by atoms with Gasteiger partial charge in [-0.15, -0.1) is 0 Å². The lowest BCUT2D eigenvalue weighted by molar-refractivity contribution is -0.158. The Balaban J connectivity index is 2.86. The first-order valence-corrected chi connectivity index (χ1v) is 7.30. The maximum Gasteiger partial charge on any atom is 0.410 e. The number of amides is 1. The van der Waals surface area contributed by atoms with Crippen molar-refractivity contribution in [1.29, 1.82) is 0 Å². The molecular formula is C15H23NO6. The SMILES string of the molecule is CCOC(=O)C(=O)C1CN(C(=O)OC(C)(C)C)[C@H](C)CC1=O. The highest BCUT2D eigenvalue weighted by molar-refractivity contribution is 6.38. The summed E-state index contributed by atoms with van der Waals surface area (Å²) in [5.74, 6) is -3.49. The third-order valence-corrected chi connectivity index (χ3v) is 3.22. The third-order valence-electron chi connectivity index (χ3n) is 3.22. The normalized spacial score (nSPS) is 22.2. The van der Waals surface area contributed by atoms with Crippen molar-refractivity contribution in [2.75, 3.05) is 13.2 Å². The standard InChI is InChI=1S/C15H23NO6/c1-6-21-13(19)12(18)10-8-16(9(2)7-11(10)17)14(20)22-15(3,4)5/h9-10H,6-8H2,1-5H3/t9-,10?/m1/s1. The predicted octanol–water partition coefficient (Wildman–Crippen LogP) is 1.33. The summed E-state index contributed by atoms with van der Waals surface area (Å²) < 4.78 is 9.90. The quantitative estimate of drug-likeness (QED) is 0.443. The molecule has 2 atom stereocenters. The molecular weight excluding hydrogens is 290 g/mol. The van der Waals surface area contributed by atoms with Crippen LogP contribution in [0.1, 0.15) is 41.0 Å². The largest absolute Gasteiger partial charge is 0.460 e. The first-order chi connectivity index (χ1) is 10.1. The number of esters is 1. The molecule has 1 fully saturated rings. The van der Waals surface area contributed by atoms with E-state index in [2.05, 4.69) is 4.74 Å². The molecule has 0 bridgehead atoms. The minimum atomic E-state index is -1.18. The lowest BCUT2D eigenvalue weighted by atomic mass is 9.89. The van der Waals surface area contributed by atoms with Gasteiger partial charge in [0.2, 0.25) is 0 Å². The summed E-state index contributed by atoms with van der Waals surface area (Å²) in [5, 5.41) is 0. The fraction of sp³-hybridized carbons (Fsp3) is 0.733. The van der Waals surface area contributed by atoms with Crippen LogP contribution in [0.5, 0.6) is 0 Å². The van der Waals surface area contributed by atoms with Crippen LogP contribution in [0, 0.1) is 5.92 Å². The second-order valence-corrected chi connectivity index (χ2v) is 6.29. The van der Waals surface area contributed by atoms with E-state index >= 15 is 0 Å². The zero-order valence-electron chi connectivity index (χ0n) is 13.7. The van der Waals surface area contributed by atoms with Gasteiger partial charge in [0.25, 0.3) is 5.78 Å². The summed E-state index contributed by atoms with van der Waals surface area (Å²) in [5.41, 5.74) is -0.682. The van der Waals surface area contributed by atoms with Crippen LogP contribution in [-0.2, 0) is 23.9 Å². The minimum absolute atomic E-state index is 0.00898. The van der Waals surface area contributed by atoms with Gasteiger partial charge in [-0.2, -0.15) is 0 Å². The number of likely N-dealkylation sites (tertiary alicyclic amines) is 1. The Bertz CT molecular complexity index is 479. The highest BCUT2D eigenvalue weighted by Gasteiger charge is 2.42. The van der Waals surface area contributed by atoms with Crippen molar-refractivity contribution in [2.45, 2.75) is 52.7 Å². The Kier molecular flexibility index (Phi) is 5.68. The van der Waals surface area contributed by atoms with Crippen molar-refractivity contribution in [3.05, 3.63) is 0 Å². The first-order valence-electron chi connectivity index (χ1n) is 7.30. The molecule has 0 N–H and O–H groups in total. The van der Waals surface area contributed by atoms with E-state index in [-0.39, 0.29) is 31.4 Å². The molecule has 22 heavy (non-hydrogen) atoms. The maximum absolute atomic E-state index is 12.2. The highest BCUT2D eigenvalue weighted by Crippen LogP contribution is 2.22. The minimum Gasteiger partial charge on any atom is -0.460 e. The van der Waals surface area contributed by atoms with Gasteiger partial charge < -0.3 is 14.4 Å². The summed E-state index contributed by atoms with van der Waals surface area (Å²) >= 11 is 0. The van der Waals surface area contributed by atoms with E-state index in [1.165, 1.54) is 4.90 Å². The molecule has 0 aromatic carbocycles. The van der Waals surface area contributed by atoms with E-state index in [4.69, 9.17) is 4.74 Å². The van der Waals surface area contributed by atoms with Crippen molar-refractivity contribution < 1.29 is 28.7 Å². The number of Topliss-reactive ketones (excluding diaryl/α,β-unsaturated/α-hetero) is 2. The summed E-state index contributed by atoms with van der Waals surface area (Å²) in [4.78, 5) is 49.0. The lowest BCUT2D eigenvalue weighted by Crippen LogP contribution is -2.53. The Hall–Kier alpha value is -1.92. The topological polar surface area (TPSA) is 90.0 Å². The molecule has 0 saturated carbocycles. The molecule has 7 nitrogen and oxygen atoms in total. The summed E-state index contributed by atoms with van der Waals surface area (Å²) in [6.45, 7) is 8.35. The average molecular weight is 313 g/mol. The Morgan fingerprint density at radius 3 is 2.36 bits per heavy atom. The molecule has 0 aromatic rings. The van der Waals surface area contributed by atoms with Gasteiger partial charge in [0.05, 0.1) is 6.61 Å². The molecule has 1 aliphatic heterocycles. The Morgan fingerprint density at radius 2 is 1.86 bits per heavy atom. The number of carbonyl (C=O) groups is 4. The molecule has 0 aromatic heterocycles. The van der Waals surface area contributed by atoms with Crippen LogP contribution < -0.4 is 0 Å².